The van der Waals surface area contributed by atoms with Crippen LogP contribution < -0.4 is 0 Å². The van der Waals surface area contributed by atoms with E-state index in [2.05, 4.69) is 88.2 Å². The molecule has 1 aliphatic rings. The number of alkyl halides is 1. The molecule has 0 amide bonds. The van der Waals surface area contributed by atoms with Crippen LogP contribution >= 0.6 is 22.6 Å². The maximum atomic E-state index is 2.56. The summed E-state index contributed by atoms with van der Waals surface area (Å²) in [7, 11) is 0. The molecule has 0 bridgehead atoms. The van der Waals surface area contributed by atoms with E-state index in [9.17, 15) is 0 Å². The lowest BCUT2D eigenvalue weighted by Gasteiger charge is -2.42. The van der Waals surface area contributed by atoms with E-state index in [-0.39, 0.29) is 0 Å². The van der Waals surface area contributed by atoms with Crippen molar-refractivity contribution in [3.05, 3.63) is 71.8 Å². The second-order valence-corrected chi connectivity index (χ2v) is 6.54. The zero-order valence-electron chi connectivity index (χ0n) is 10.2. The third-order valence-electron chi connectivity index (χ3n) is 3.46. The first-order chi connectivity index (χ1) is 8.84. The highest BCUT2D eigenvalue weighted by Crippen LogP contribution is 2.33. The molecule has 1 nitrogen and oxygen atoms in total. The highest BCUT2D eigenvalue weighted by molar-refractivity contribution is 14.1. The molecule has 1 aliphatic heterocycles. The normalized spacial score (nSPS) is 16.8. The van der Waals surface area contributed by atoms with Crippen molar-refractivity contribution >= 4 is 22.6 Å². The molecule has 0 saturated carbocycles. The molecule has 1 fully saturated rings. The SMILES string of the molecule is IC1CN(C(c2ccccc2)c2ccccc2)C1. The van der Waals surface area contributed by atoms with Crippen molar-refractivity contribution in [2.45, 2.75) is 9.97 Å². The van der Waals surface area contributed by atoms with Crippen LogP contribution in [0.3, 0.4) is 0 Å². The van der Waals surface area contributed by atoms with Crippen LogP contribution in [0.15, 0.2) is 60.7 Å². The van der Waals surface area contributed by atoms with Crippen molar-refractivity contribution in [3.63, 3.8) is 0 Å². The average Bonchev–Trinajstić information content (AvgIpc) is 2.40. The lowest BCUT2D eigenvalue weighted by atomic mass is 9.94. The molecule has 1 heterocycles. The molecule has 0 unspecified atom stereocenters. The Morgan fingerprint density at radius 2 is 1.28 bits per heavy atom. The lowest BCUT2D eigenvalue weighted by molar-refractivity contribution is 0.155. The van der Waals surface area contributed by atoms with Crippen LogP contribution in [-0.2, 0) is 0 Å². The minimum Gasteiger partial charge on any atom is -0.290 e. The molecule has 3 rings (SSSR count). The Balaban J connectivity index is 1.94. The Labute approximate surface area is 122 Å². The summed E-state index contributed by atoms with van der Waals surface area (Å²) in [6, 6.07) is 22.1. The third kappa shape index (κ3) is 2.45. The Morgan fingerprint density at radius 3 is 1.67 bits per heavy atom. The van der Waals surface area contributed by atoms with Gasteiger partial charge in [0.05, 0.1) is 6.04 Å². The fourth-order valence-electron chi connectivity index (χ4n) is 2.55. The fraction of sp³-hybridized carbons (Fsp3) is 0.250. The Morgan fingerprint density at radius 1 is 0.833 bits per heavy atom. The van der Waals surface area contributed by atoms with Gasteiger partial charge in [-0.25, -0.2) is 0 Å². The topological polar surface area (TPSA) is 3.24 Å². The zero-order chi connectivity index (χ0) is 12.4. The van der Waals surface area contributed by atoms with Gasteiger partial charge in [-0.15, -0.1) is 0 Å². The van der Waals surface area contributed by atoms with Crippen LogP contribution in [0, 0.1) is 0 Å². The van der Waals surface area contributed by atoms with Gasteiger partial charge in [0.25, 0.3) is 0 Å². The molecular formula is C16H16IN. The van der Waals surface area contributed by atoms with Crippen LogP contribution in [0.5, 0.6) is 0 Å². The second-order valence-electron chi connectivity index (χ2n) is 4.78. The molecule has 1 saturated heterocycles. The zero-order valence-corrected chi connectivity index (χ0v) is 12.3. The maximum Gasteiger partial charge on any atom is 0.0602 e. The highest BCUT2D eigenvalue weighted by Gasteiger charge is 2.32. The maximum absolute atomic E-state index is 2.56. The first-order valence-corrected chi connectivity index (χ1v) is 7.57. The van der Waals surface area contributed by atoms with E-state index in [0.717, 1.165) is 3.92 Å². The van der Waals surface area contributed by atoms with Gasteiger partial charge >= 0.3 is 0 Å². The van der Waals surface area contributed by atoms with Crippen LogP contribution in [0.1, 0.15) is 17.2 Å². The number of hydrogen-bond acceptors (Lipinski definition) is 1. The predicted molar refractivity (Wildman–Crippen MR) is 84.1 cm³/mol. The summed E-state index contributed by atoms with van der Waals surface area (Å²) in [6.45, 7) is 2.38. The van der Waals surface area contributed by atoms with E-state index in [0.29, 0.717) is 6.04 Å². The van der Waals surface area contributed by atoms with Gasteiger partial charge in [0, 0.05) is 17.0 Å². The van der Waals surface area contributed by atoms with Crippen molar-refractivity contribution in [3.8, 4) is 0 Å². The second kappa shape index (κ2) is 5.41. The summed E-state index contributed by atoms with van der Waals surface area (Å²) in [5.41, 5.74) is 2.79. The van der Waals surface area contributed by atoms with E-state index >= 15 is 0 Å². The number of halogens is 1. The molecule has 0 N–H and O–H groups in total. The third-order valence-corrected chi connectivity index (χ3v) is 4.25. The van der Waals surface area contributed by atoms with E-state index in [1.54, 1.807) is 0 Å². The number of rotatable bonds is 3. The molecule has 2 aromatic carbocycles. The Kier molecular flexibility index (Phi) is 3.66. The molecule has 0 atom stereocenters. The lowest BCUT2D eigenvalue weighted by Crippen LogP contribution is -2.49. The summed E-state index contributed by atoms with van der Waals surface area (Å²) in [4.78, 5) is 2.56. The summed E-state index contributed by atoms with van der Waals surface area (Å²) in [5, 5.41) is 0. The van der Waals surface area contributed by atoms with Gasteiger partial charge in [-0.2, -0.15) is 0 Å². The summed E-state index contributed by atoms with van der Waals surface area (Å²) < 4.78 is 0.803. The number of nitrogens with zero attached hydrogens (tertiary/aromatic N) is 1. The van der Waals surface area contributed by atoms with Gasteiger partial charge in [0.2, 0.25) is 0 Å². The van der Waals surface area contributed by atoms with Crippen LogP contribution in [0.4, 0.5) is 0 Å². The first-order valence-electron chi connectivity index (χ1n) is 6.32. The van der Waals surface area contributed by atoms with Gasteiger partial charge in [-0.3, -0.25) is 4.90 Å². The van der Waals surface area contributed by atoms with Gasteiger partial charge < -0.3 is 0 Å². The molecule has 2 heteroatoms. The highest BCUT2D eigenvalue weighted by atomic mass is 127. The quantitative estimate of drug-likeness (QED) is 0.600. The number of benzene rings is 2. The molecule has 92 valence electrons. The van der Waals surface area contributed by atoms with Crippen LogP contribution in [0.2, 0.25) is 0 Å². The molecular weight excluding hydrogens is 333 g/mol. The van der Waals surface area contributed by atoms with Gasteiger partial charge in [0.1, 0.15) is 0 Å². The standard InChI is InChI=1S/C16H16IN/c17-15-11-18(12-15)16(13-7-3-1-4-8-13)14-9-5-2-6-10-14/h1-10,15-16H,11-12H2. The fourth-order valence-corrected chi connectivity index (χ4v) is 3.56. The van der Waals surface area contributed by atoms with Crippen molar-refractivity contribution < 1.29 is 0 Å². The van der Waals surface area contributed by atoms with Gasteiger partial charge in [0.15, 0.2) is 0 Å². The molecule has 2 aromatic rings. The molecule has 18 heavy (non-hydrogen) atoms. The molecule has 0 aliphatic carbocycles. The van der Waals surface area contributed by atoms with Gasteiger partial charge in [-0.05, 0) is 11.1 Å². The van der Waals surface area contributed by atoms with Crippen LogP contribution in [-0.4, -0.2) is 21.9 Å². The molecule has 0 radical (unpaired) electrons. The van der Waals surface area contributed by atoms with E-state index in [1.807, 2.05) is 0 Å². The number of likely N-dealkylation sites (tertiary alicyclic amines) is 1. The van der Waals surface area contributed by atoms with E-state index < -0.39 is 0 Å². The van der Waals surface area contributed by atoms with Crippen molar-refractivity contribution in [2.75, 3.05) is 13.1 Å². The van der Waals surface area contributed by atoms with Crippen LogP contribution in [0.25, 0.3) is 0 Å². The Hall–Kier alpha value is -0.870. The van der Waals surface area contributed by atoms with Crippen molar-refractivity contribution in [1.82, 2.24) is 4.90 Å². The van der Waals surface area contributed by atoms with Crippen molar-refractivity contribution in [2.24, 2.45) is 0 Å². The summed E-state index contributed by atoms with van der Waals surface area (Å²) in [6.07, 6.45) is 0. The van der Waals surface area contributed by atoms with Gasteiger partial charge in [-0.1, -0.05) is 83.3 Å². The summed E-state index contributed by atoms with van der Waals surface area (Å²) >= 11 is 2.54. The minimum absolute atomic E-state index is 0.415. The van der Waals surface area contributed by atoms with E-state index in [4.69, 9.17) is 0 Å². The summed E-state index contributed by atoms with van der Waals surface area (Å²) in [5.74, 6) is 0. The minimum atomic E-state index is 0.415. The molecule has 0 spiro atoms. The Bertz CT molecular complexity index is 452. The predicted octanol–water partition coefficient (Wildman–Crippen LogP) is 3.90. The number of hydrogen-bond donors (Lipinski definition) is 0. The van der Waals surface area contributed by atoms with E-state index in [1.165, 1.54) is 24.2 Å². The average molecular weight is 349 g/mol. The first kappa shape index (κ1) is 12.2. The smallest absolute Gasteiger partial charge is 0.0602 e. The van der Waals surface area contributed by atoms with Crippen molar-refractivity contribution in [1.29, 1.82) is 0 Å². The molecule has 0 aromatic heterocycles. The largest absolute Gasteiger partial charge is 0.290 e. The monoisotopic (exact) mass is 349 g/mol.